The van der Waals surface area contributed by atoms with E-state index < -0.39 is 6.61 Å². The van der Waals surface area contributed by atoms with E-state index in [-0.39, 0.29) is 41.7 Å². The van der Waals surface area contributed by atoms with Gasteiger partial charge in [-0.1, -0.05) is 18.2 Å². The largest absolute Gasteiger partial charge is 0.435 e. The van der Waals surface area contributed by atoms with Crippen LogP contribution in [0.3, 0.4) is 0 Å². The summed E-state index contributed by atoms with van der Waals surface area (Å²) in [6, 6.07) is 7.23. The van der Waals surface area contributed by atoms with Crippen LogP contribution >= 0.6 is 24.0 Å². The summed E-state index contributed by atoms with van der Waals surface area (Å²) in [5, 5.41) is 6.51. The minimum absolute atomic E-state index is 0. The first-order valence-electron chi connectivity index (χ1n) is 6.82. The van der Waals surface area contributed by atoms with Gasteiger partial charge in [0.15, 0.2) is 5.96 Å². The first-order valence-corrected chi connectivity index (χ1v) is 6.82. The number of ether oxygens (including phenoxy) is 1. The molecule has 1 fully saturated rings. The van der Waals surface area contributed by atoms with Crippen LogP contribution in [0.5, 0.6) is 5.75 Å². The van der Waals surface area contributed by atoms with Crippen molar-refractivity contribution in [1.29, 1.82) is 0 Å². The van der Waals surface area contributed by atoms with E-state index in [2.05, 4.69) is 20.4 Å². The minimum Gasteiger partial charge on any atom is -0.435 e. The highest BCUT2D eigenvalue weighted by molar-refractivity contribution is 14.0. The molecule has 1 aliphatic carbocycles. The number of alkyl halides is 2. The number of guanidine groups is 1. The first kappa shape index (κ1) is 16.3. The monoisotopic (exact) mass is 409 g/mol. The number of hydrogen-bond acceptors (Lipinski definition) is 4. The maximum Gasteiger partial charge on any atom is 0.387 e. The van der Waals surface area contributed by atoms with Crippen molar-refractivity contribution in [3.8, 4) is 5.75 Å². The van der Waals surface area contributed by atoms with Gasteiger partial charge in [-0.3, -0.25) is 4.99 Å². The lowest BCUT2D eigenvalue weighted by Crippen LogP contribution is -2.42. The van der Waals surface area contributed by atoms with E-state index in [0.717, 1.165) is 37.5 Å². The Balaban J connectivity index is 0.00000161. The fourth-order valence-electron chi connectivity index (χ4n) is 2.49. The van der Waals surface area contributed by atoms with Crippen LogP contribution in [-0.2, 0) is 0 Å². The number of rotatable bonds is 4. The summed E-state index contributed by atoms with van der Waals surface area (Å²) in [6.07, 6.45) is 1.95. The lowest BCUT2D eigenvalue weighted by Gasteiger charge is -2.16. The van der Waals surface area contributed by atoms with Crippen molar-refractivity contribution in [2.24, 2.45) is 4.99 Å². The van der Waals surface area contributed by atoms with Crippen LogP contribution in [0.15, 0.2) is 29.3 Å². The van der Waals surface area contributed by atoms with Crippen molar-refractivity contribution in [3.63, 3.8) is 0 Å². The minimum atomic E-state index is -2.79. The molecule has 1 aliphatic heterocycles. The van der Waals surface area contributed by atoms with Crippen LogP contribution < -0.4 is 15.4 Å². The molecule has 2 N–H and O–H groups in total. The maximum absolute atomic E-state index is 12.4. The van der Waals surface area contributed by atoms with E-state index in [4.69, 9.17) is 0 Å². The van der Waals surface area contributed by atoms with Gasteiger partial charge in [-0.25, -0.2) is 0 Å². The first-order chi connectivity index (χ1) is 9.74. The molecular formula is C14H18F2IN3O. The summed E-state index contributed by atoms with van der Waals surface area (Å²) in [4.78, 5) is 4.35. The zero-order valence-corrected chi connectivity index (χ0v) is 13.7. The average Bonchev–Trinajstić information content (AvgIpc) is 3.19. The molecule has 0 radical (unpaired) electrons. The third-order valence-electron chi connectivity index (χ3n) is 3.54. The smallest absolute Gasteiger partial charge is 0.387 e. The second kappa shape index (κ2) is 7.24. The predicted molar refractivity (Wildman–Crippen MR) is 87.7 cm³/mol. The molecule has 2 aliphatic rings. The molecule has 21 heavy (non-hydrogen) atoms. The molecule has 0 saturated heterocycles. The van der Waals surface area contributed by atoms with Crippen LogP contribution in [0.2, 0.25) is 0 Å². The lowest BCUT2D eigenvalue weighted by molar-refractivity contribution is -0.0504. The standard InChI is InChI=1S/C14H17F2N3O.HI/c15-13(16)20-12-5-2-1-4-9(12)10-8-11(10)19-14-17-6-3-7-18-14;/h1-2,4-5,10-11,13H,3,6-8H2,(H2,17,18,19);1H/t10-,11+;/m1./s1. The van der Waals surface area contributed by atoms with Crippen LogP contribution in [0.1, 0.15) is 24.3 Å². The number of aliphatic imine (C=N–C) groups is 1. The Hall–Kier alpha value is -1.12. The van der Waals surface area contributed by atoms with Gasteiger partial charge in [0, 0.05) is 25.0 Å². The van der Waals surface area contributed by atoms with E-state index in [1.807, 2.05) is 12.1 Å². The number of halogens is 3. The highest BCUT2D eigenvalue weighted by Gasteiger charge is 2.41. The fourth-order valence-corrected chi connectivity index (χ4v) is 2.49. The average molecular weight is 409 g/mol. The maximum atomic E-state index is 12.4. The second-order valence-corrected chi connectivity index (χ2v) is 5.02. The summed E-state index contributed by atoms with van der Waals surface area (Å²) in [5.74, 6) is 1.29. The Labute approximate surface area is 139 Å². The van der Waals surface area contributed by atoms with Gasteiger partial charge in [0.2, 0.25) is 0 Å². The molecule has 3 rings (SSSR count). The summed E-state index contributed by atoms with van der Waals surface area (Å²) in [6.45, 7) is -1.03. The second-order valence-electron chi connectivity index (χ2n) is 5.02. The molecule has 7 heteroatoms. The van der Waals surface area contributed by atoms with E-state index in [1.54, 1.807) is 12.1 Å². The third kappa shape index (κ3) is 4.18. The summed E-state index contributed by atoms with van der Waals surface area (Å²) < 4.78 is 29.4. The van der Waals surface area contributed by atoms with Crippen molar-refractivity contribution >= 4 is 29.9 Å². The van der Waals surface area contributed by atoms with E-state index in [1.165, 1.54) is 0 Å². The Bertz CT molecular complexity index is 513. The van der Waals surface area contributed by atoms with Gasteiger partial charge >= 0.3 is 6.61 Å². The summed E-state index contributed by atoms with van der Waals surface area (Å²) >= 11 is 0. The van der Waals surface area contributed by atoms with Gasteiger partial charge in [0.05, 0.1) is 0 Å². The van der Waals surface area contributed by atoms with Gasteiger partial charge in [0.25, 0.3) is 0 Å². The number of hydrogen-bond donors (Lipinski definition) is 2. The van der Waals surface area contributed by atoms with Crippen molar-refractivity contribution in [2.45, 2.75) is 31.4 Å². The molecule has 1 heterocycles. The molecule has 2 atom stereocenters. The highest BCUT2D eigenvalue weighted by Crippen LogP contribution is 2.44. The van der Waals surface area contributed by atoms with Crippen LogP contribution in [0.4, 0.5) is 8.78 Å². The number of benzene rings is 1. The van der Waals surface area contributed by atoms with E-state index >= 15 is 0 Å². The van der Waals surface area contributed by atoms with E-state index in [9.17, 15) is 8.78 Å². The topological polar surface area (TPSA) is 45.6 Å². The number of nitrogens with zero attached hydrogens (tertiary/aromatic N) is 1. The molecule has 0 amide bonds. The van der Waals surface area contributed by atoms with Crippen molar-refractivity contribution in [1.82, 2.24) is 10.6 Å². The van der Waals surface area contributed by atoms with Crippen molar-refractivity contribution < 1.29 is 13.5 Å². The van der Waals surface area contributed by atoms with Crippen molar-refractivity contribution in [2.75, 3.05) is 13.1 Å². The van der Waals surface area contributed by atoms with Gasteiger partial charge in [-0.2, -0.15) is 8.78 Å². The summed E-state index contributed by atoms with van der Waals surface area (Å²) in [5.41, 5.74) is 0.835. The van der Waals surface area contributed by atoms with Gasteiger partial charge in [0.1, 0.15) is 5.75 Å². The highest BCUT2D eigenvalue weighted by atomic mass is 127. The predicted octanol–water partition coefficient (Wildman–Crippen LogP) is 2.70. The molecule has 0 bridgehead atoms. The molecule has 4 nitrogen and oxygen atoms in total. The quantitative estimate of drug-likeness (QED) is 0.752. The zero-order chi connectivity index (χ0) is 13.9. The Morgan fingerprint density at radius 2 is 2.14 bits per heavy atom. The Morgan fingerprint density at radius 3 is 2.86 bits per heavy atom. The molecule has 0 unspecified atom stereocenters. The van der Waals surface area contributed by atoms with Crippen LogP contribution in [0, 0.1) is 0 Å². The number of nitrogens with one attached hydrogen (secondary N) is 2. The molecule has 0 spiro atoms. The molecule has 116 valence electrons. The van der Waals surface area contributed by atoms with Gasteiger partial charge in [-0.05, 0) is 24.5 Å². The third-order valence-corrected chi connectivity index (χ3v) is 3.54. The normalized spacial score (nSPS) is 23.7. The zero-order valence-electron chi connectivity index (χ0n) is 11.4. The lowest BCUT2D eigenvalue weighted by atomic mass is 10.1. The molecule has 1 saturated carbocycles. The van der Waals surface area contributed by atoms with E-state index in [0.29, 0.717) is 0 Å². The molecule has 1 aromatic rings. The van der Waals surface area contributed by atoms with Gasteiger partial charge in [-0.15, -0.1) is 24.0 Å². The molecular weight excluding hydrogens is 391 g/mol. The Kier molecular flexibility index (Phi) is 5.60. The number of para-hydroxylation sites is 1. The Morgan fingerprint density at radius 1 is 1.33 bits per heavy atom. The SMILES string of the molecule is FC(F)Oc1ccccc1[C@H]1C[C@@H]1NC1=NCCCN1.I. The van der Waals surface area contributed by atoms with Crippen molar-refractivity contribution in [3.05, 3.63) is 29.8 Å². The molecule has 0 aromatic heterocycles. The van der Waals surface area contributed by atoms with Gasteiger partial charge < -0.3 is 15.4 Å². The summed E-state index contributed by atoms with van der Waals surface area (Å²) in [7, 11) is 0. The fraction of sp³-hybridized carbons (Fsp3) is 0.500. The molecule has 1 aromatic carbocycles. The van der Waals surface area contributed by atoms with Crippen LogP contribution in [0.25, 0.3) is 0 Å². The van der Waals surface area contributed by atoms with Crippen LogP contribution in [-0.4, -0.2) is 31.7 Å².